The first-order chi connectivity index (χ1) is 37.6. The maximum Gasteiger partial charge on any atom is 0.335 e. The van der Waals surface area contributed by atoms with E-state index >= 15 is 0 Å². The van der Waals surface area contributed by atoms with E-state index in [1.165, 1.54) is 51.4 Å². The molecule has 1 saturated heterocycles. The molecule has 1 rings (SSSR count). The minimum Gasteiger partial charge on any atom is -0.479 e. The minimum atomic E-state index is -1.91. The van der Waals surface area contributed by atoms with Gasteiger partial charge in [0.1, 0.15) is 18.8 Å². The van der Waals surface area contributed by atoms with Gasteiger partial charge in [-0.15, -0.1) is 0 Å². The highest BCUT2D eigenvalue weighted by atomic mass is 16.7. The van der Waals surface area contributed by atoms with Crippen molar-refractivity contribution >= 4 is 23.9 Å². The van der Waals surface area contributed by atoms with Crippen LogP contribution >= 0.6 is 0 Å². The van der Waals surface area contributed by atoms with Gasteiger partial charge in [0.2, 0.25) is 0 Å². The third-order valence-electron chi connectivity index (χ3n) is 13.2. The van der Waals surface area contributed by atoms with Crippen LogP contribution in [-0.2, 0) is 42.9 Å². The second kappa shape index (κ2) is 52.3. The van der Waals surface area contributed by atoms with Crippen LogP contribution < -0.4 is 0 Å². The minimum absolute atomic E-state index is 0.0538. The largest absolute Gasteiger partial charge is 0.479 e. The zero-order valence-corrected chi connectivity index (χ0v) is 48.2. The third-order valence-corrected chi connectivity index (χ3v) is 13.2. The molecule has 1 fully saturated rings. The van der Waals surface area contributed by atoms with Gasteiger partial charge in [0.05, 0.1) is 6.61 Å². The molecule has 0 aliphatic carbocycles. The first-order valence-electron chi connectivity index (χ1n) is 30.2. The monoisotopic (exact) mass is 1080 g/mol. The Morgan fingerprint density at radius 1 is 0.442 bits per heavy atom. The van der Waals surface area contributed by atoms with Gasteiger partial charge in [-0.25, -0.2) is 4.79 Å². The number of ether oxygens (including phenoxy) is 5. The molecule has 6 unspecified atom stereocenters. The lowest BCUT2D eigenvalue weighted by Crippen LogP contribution is -2.61. The summed E-state index contributed by atoms with van der Waals surface area (Å²) in [6.45, 7) is 5.72. The Hall–Kier alpha value is -4.36. The number of carbonyl (C=O) groups is 4. The molecule has 0 aromatic heterocycles. The Labute approximate surface area is 466 Å². The number of hydrogen-bond acceptors (Lipinski definition) is 11. The van der Waals surface area contributed by atoms with Gasteiger partial charge in [0.25, 0.3) is 0 Å². The molecule has 0 radical (unpaired) electrons. The Morgan fingerprint density at radius 2 is 0.818 bits per heavy atom. The molecule has 3 N–H and O–H groups in total. The van der Waals surface area contributed by atoms with E-state index in [0.29, 0.717) is 19.3 Å². The molecule has 0 bridgehead atoms. The van der Waals surface area contributed by atoms with Gasteiger partial charge >= 0.3 is 23.9 Å². The molecule has 0 aromatic rings. The van der Waals surface area contributed by atoms with E-state index in [-0.39, 0.29) is 25.9 Å². The molecule has 1 aliphatic rings. The van der Waals surface area contributed by atoms with E-state index in [2.05, 4.69) is 118 Å². The lowest BCUT2D eigenvalue weighted by molar-refractivity contribution is -0.301. The number of carboxylic acid groups (broad SMARTS) is 1. The SMILES string of the molecule is CC/C=C\C/C=C\C/C=C\C/C=C\C/C=C\CCCCCC(=O)OCC(COC1OC(C(=O)O)C(O)C(O)C1OC(=O)CCCCCCCCCCCCCCC)OC(=O)CCCCCCC/C=C\C/C=C\C/C=C\CC. The lowest BCUT2D eigenvalue weighted by atomic mass is 9.98. The van der Waals surface area contributed by atoms with Crippen LogP contribution in [0.15, 0.2) is 97.2 Å². The van der Waals surface area contributed by atoms with Gasteiger partial charge in [0.15, 0.2) is 24.6 Å². The maximum absolute atomic E-state index is 13.2. The quantitative estimate of drug-likeness (QED) is 0.0228. The molecule has 0 aromatic carbocycles. The standard InChI is InChI=1S/C65H106O12/c1-4-7-10-13-16-19-22-25-27-28-29-30-32-34-36-39-42-45-48-51-57(66)73-54-56(75-58(67)52-49-46-43-40-38-35-31-26-23-20-17-14-11-8-5-2)55-74-65-63(61(70)60(69)62(77-65)64(71)72)76-59(68)53-50-47-44-41-37-33-24-21-18-15-12-9-6-3/h7-8,10-11,16-17,19-20,25-27,29-31,34,36,56,60-63,65,69-70H,4-6,9,12-15,18,21-24,28,32-33,35,37-55H2,1-3H3,(H,71,72)/b10-7-,11-8-,19-16-,20-17-,27-25-,30-29-,31-26-,36-34-. The summed E-state index contributed by atoms with van der Waals surface area (Å²) in [5.41, 5.74) is 0. The van der Waals surface area contributed by atoms with Crippen molar-refractivity contribution in [2.45, 2.75) is 276 Å². The zero-order chi connectivity index (χ0) is 56.1. The van der Waals surface area contributed by atoms with E-state index in [1.807, 2.05) is 0 Å². The van der Waals surface area contributed by atoms with Crippen molar-refractivity contribution in [1.82, 2.24) is 0 Å². The summed E-state index contributed by atoms with van der Waals surface area (Å²) in [5, 5.41) is 31.5. The number of aliphatic carboxylic acids is 1. The van der Waals surface area contributed by atoms with Gasteiger partial charge < -0.3 is 39.0 Å². The number of unbranched alkanes of at least 4 members (excludes halogenated alkanes) is 20. The molecule has 0 amide bonds. The molecule has 6 atom stereocenters. The smallest absolute Gasteiger partial charge is 0.335 e. The Bertz CT molecular complexity index is 1710. The number of hydrogen-bond donors (Lipinski definition) is 3. The van der Waals surface area contributed by atoms with Crippen LogP contribution in [0.1, 0.15) is 239 Å². The Kier molecular flexibility index (Phi) is 48.0. The molecular formula is C65H106O12. The first-order valence-corrected chi connectivity index (χ1v) is 30.2. The Balaban J connectivity index is 2.72. The topological polar surface area (TPSA) is 175 Å². The van der Waals surface area contributed by atoms with Gasteiger partial charge in [-0.1, -0.05) is 221 Å². The van der Waals surface area contributed by atoms with E-state index in [1.54, 1.807) is 0 Å². The molecule has 1 aliphatic heterocycles. The number of allylic oxidation sites excluding steroid dienone is 16. The number of rotatable bonds is 50. The fourth-order valence-electron chi connectivity index (χ4n) is 8.58. The van der Waals surface area contributed by atoms with Crippen LogP contribution in [0.3, 0.4) is 0 Å². The third kappa shape index (κ3) is 42.3. The number of carbonyl (C=O) groups excluding carboxylic acids is 3. The van der Waals surface area contributed by atoms with Crippen LogP contribution in [0.4, 0.5) is 0 Å². The molecule has 77 heavy (non-hydrogen) atoms. The highest BCUT2D eigenvalue weighted by molar-refractivity contribution is 5.74. The van der Waals surface area contributed by atoms with Crippen molar-refractivity contribution in [2.24, 2.45) is 0 Å². The fraction of sp³-hybridized carbons (Fsp3) is 0.692. The summed E-state index contributed by atoms with van der Waals surface area (Å²) in [5.74, 6) is -3.19. The molecule has 0 saturated carbocycles. The molecule has 12 nitrogen and oxygen atoms in total. The summed E-state index contributed by atoms with van der Waals surface area (Å²) in [6, 6.07) is 0. The normalized spacial score (nSPS) is 18.7. The van der Waals surface area contributed by atoms with Crippen LogP contribution in [0.2, 0.25) is 0 Å². The number of aliphatic hydroxyl groups is 2. The summed E-state index contributed by atoms with van der Waals surface area (Å²) >= 11 is 0. The van der Waals surface area contributed by atoms with Crippen molar-refractivity contribution < 1.29 is 58.2 Å². The maximum atomic E-state index is 13.2. The predicted octanol–water partition coefficient (Wildman–Crippen LogP) is 15.7. The van der Waals surface area contributed by atoms with Crippen molar-refractivity contribution in [1.29, 1.82) is 0 Å². The predicted molar refractivity (Wildman–Crippen MR) is 312 cm³/mol. The van der Waals surface area contributed by atoms with E-state index in [9.17, 15) is 34.5 Å². The average Bonchev–Trinajstić information content (AvgIpc) is 3.42. The number of aliphatic hydroxyl groups excluding tert-OH is 2. The van der Waals surface area contributed by atoms with Crippen molar-refractivity contribution in [3.63, 3.8) is 0 Å². The van der Waals surface area contributed by atoms with Crippen LogP contribution in [0, 0.1) is 0 Å². The lowest BCUT2D eigenvalue weighted by Gasteiger charge is -2.40. The van der Waals surface area contributed by atoms with Crippen molar-refractivity contribution in [3.05, 3.63) is 97.2 Å². The van der Waals surface area contributed by atoms with Crippen LogP contribution in [0.25, 0.3) is 0 Å². The van der Waals surface area contributed by atoms with E-state index in [4.69, 9.17) is 23.7 Å². The molecule has 12 heteroatoms. The summed E-state index contributed by atoms with van der Waals surface area (Å²) in [7, 11) is 0. The first kappa shape index (κ1) is 70.7. The van der Waals surface area contributed by atoms with Gasteiger partial charge in [-0.05, 0) is 96.3 Å². The molecule has 438 valence electrons. The fourth-order valence-corrected chi connectivity index (χ4v) is 8.58. The number of esters is 3. The van der Waals surface area contributed by atoms with Crippen LogP contribution in [0.5, 0.6) is 0 Å². The molecule has 0 spiro atoms. The van der Waals surface area contributed by atoms with Gasteiger partial charge in [-0.3, -0.25) is 14.4 Å². The van der Waals surface area contributed by atoms with Gasteiger partial charge in [0, 0.05) is 19.3 Å². The highest BCUT2D eigenvalue weighted by Crippen LogP contribution is 2.26. The van der Waals surface area contributed by atoms with Gasteiger partial charge in [-0.2, -0.15) is 0 Å². The zero-order valence-electron chi connectivity index (χ0n) is 48.2. The second-order valence-electron chi connectivity index (χ2n) is 20.2. The van der Waals surface area contributed by atoms with Crippen LogP contribution in [-0.4, -0.2) is 89.2 Å². The van der Waals surface area contributed by atoms with E-state index in [0.717, 1.165) is 128 Å². The summed E-state index contributed by atoms with van der Waals surface area (Å²) < 4.78 is 28.4. The second-order valence-corrected chi connectivity index (χ2v) is 20.2. The van der Waals surface area contributed by atoms with Crippen molar-refractivity contribution in [2.75, 3.05) is 13.2 Å². The number of carboxylic acids is 1. The van der Waals surface area contributed by atoms with E-state index < -0.39 is 67.3 Å². The average molecular weight is 1080 g/mol. The summed E-state index contributed by atoms with van der Waals surface area (Å²) in [6.07, 6.45) is 56.6. The molecular weight excluding hydrogens is 973 g/mol. The van der Waals surface area contributed by atoms with Crippen molar-refractivity contribution in [3.8, 4) is 0 Å². The highest BCUT2D eigenvalue weighted by Gasteiger charge is 2.50. The molecule has 1 heterocycles. The Morgan fingerprint density at radius 3 is 1.26 bits per heavy atom. The summed E-state index contributed by atoms with van der Waals surface area (Å²) in [4.78, 5) is 51.2.